The first-order valence-electron chi connectivity index (χ1n) is 6.56. The molecule has 0 spiro atoms. The van der Waals surface area contributed by atoms with Gasteiger partial charge in [-0.25, -0.2) is 0 Å². The van der Waals surface area contributed by atoms with Crippen LogP contribution in [0, 0.1) is 10.8 Å². The van der Waals surface area contributed by atoms with E-state index >= 15 is 0 Å². The summed E-state index contributed by atoms with van der Waals surface area (Å²) in [4.78, 5) is 0. The summed E-state index contributed by atoms with van der Waals surface area (Å²) < 4.78 is 0. The molecule has 0 radical (unpaired) electrons. The Hall–Kier alpha value is -1.15. The van der Waals surface area contributed by atoms with E-state index < -0.39 is 0 Å². The van der Waals surface area contributed by atoms with E-state index in [2.05, 4.69) is 31.2 Å². The molecule has 0 fully saturated rings. The van der Waals surface area contributed by atoms with E-state index in [1.165, 1.54) is 23.8 Å². The van der Waals surface area contributed by atoms with Gasteiger partial charge < -0.3 is 11.1 Å². The Bertz CT molecular complexity index is 400. The maximum atomic E-state index is 7.25. The van der Waals surface area contributed by atoms with Gasteiger partial charge in [-0.15, -0.1) is 0 Å². The molecule has 0 amide bonds. The molecule has 2 unspecified atom stereocenters. The first kappa shape index (κ1) is 12.3. The van der Waals surface area contributed by atoms with Crippen LogP contribution >= 0.6 is 0 Å². The maximum absolute atomic E-state index is 7.25. The molecule has 1 aliphatic carbocycles. The van der Waals surface area contributed by atoms with Crippen LogP contribution in [0.2, 0.25) is 0 Å². The quantitative estimate of drug-likeness (QED) is 0.748. The molecule has 2 heteroatoms. The van der Waals surface area contributed by atoms with Gasteiger partial charge in [0, 0.05) is 6.04 Å². The van der Waals surface area contributed by atoms with E-state index in [1.807, 2.05) is 0 Å². The molecule has 92 valence electrons. The Kier molecular flexibility index (Phi) is 3.63. The van der Waals surface area contributed by atoms with Gasteiger partial charge in [0.15, 0.2) is 0 Å². The third kappa shape index (κ3) is 2.14. The van der Waals surface area contributed by atoms with E-state index in [0.717, 1.165) is 25.7 Å². The molecule has 0 aromatic heterocycles. The summed E-state index contributed by atoms with van der Waals surface area (Å²) in [5, 5.41) is 7.25. The zero-order valence-corrected chi connectivity index (χ0v) is 10.6. The highest BCUT2D eigenvalue weighted by Gasteiger charge is 2.42. The van der Waals surface area contributed by atoms with Gasteiger partial charge in [0.25, 0.3) is 0 Å². The fourth-order valence-corrected chi connectivity index (χ4v) is 3.29. The van der Waals surface area contributed by atoms with Crippen molar-refractivity contribution in [2.24, 2.45) is 11.1 Å². The van der Waals surface area contributed by atoms with Crippen molar-refractivity contribution in [1.82, 2.24) is 0 Å². The van der Waals surface area contributed by atoms with E-state index in [1.54, 1.807) is 0 Å². The Morgan fingerprint density at radius 3 is 2.82 bits per heavy atom. The molecule has 0 bridgehead atoms. The Morgan fingerprint density at radius 1 is 1.41 bits per heavy atom. The first-order chi connectivity index (χ1) is 8.23. The van der Waals surface area contributed by atoms with Crippen molar-refractivity contribution in [3.05, 3.63) is 35.4 Å². The molecule has 1 aromatic rings. The average molecular weight is 230 g/mol. The van der Waals surface area contributed by atoms with Crippen LogP contribution in [-0.2, 0) is 6.42 Å². The molecule has 2 nitrogen and oxygen atoms in total. The third-order valence-electron chi connectivity index (χ3n) is 4.13. The number of hydrogen-bond acceptors (Lipinski definition) is 2. The zero-order chi connectivity index (χ0) is 12.3. The second-order valence-electron chi connectivity index (χ2n) is 5.21. The summed E-state index contributed by atoms with van der Waals surface area (Å²) in [5.41, 5.74) is 9.41. The van der Waals surface area contributed by atoms with Crippen LogP contribution in [0.1, 0.15) is 49.8 Å². The Labute approximate surface area is 104 Å². The number of hydrogen-bond donors (Lipinski definition) is 2. The lowest BCUT2D eigenvalue weighted by molar-refractivity contribution is 0.207. The summed E-state index contributed by atoms with van der Waals surface area (Å²) in [6, 6.07) is 8.71. The fourth-order valence-electron chi connectivity index (χ4n) is 3.29. The van der Waals surface area contributed by atoms with Crippen molar-refractivity contribution in [3.8, 4) is 0 Å². The molecule has 2 atom stereocenters. The molecule has 1 aliphatic rings. The largest absolute Gasteiger partial charge is 0.323 e. The molecule has 0 saturated carbocycles. The van der Waals surface area contributed by atoms with Gasteiger partial charge in [0.2, 0.25) is 0 Å². The van der Waals surface area contributed by atoms with Crippen molar-refractivity contribution < 1.29 is 0 Å². The van der Waals surface area contributed by atoms with Crippen molar-refractivity contribution in [1.29, 1.82) is 5.41 Å². The molecular formula is C15H22N2. The molecule has 0 aliphatic heterocycles. The van der Waals surface area contributed by atoms with Crippen LogP contribution < -0.4 is 5.73 Å². The van der Waals surface area contributed by atoms with Crippen molar-refractivity contribution in [3.63, 3.8) is 0 Å². The smallest absolute Gasteiger partial charge is 0.0358 e. The van der Waals surface area contributed by atoms with Gasteiger partial charge in [-0.3, -0.25) is 0 Å². The van der Waals surface area contributed by atoms with Crippen molar-refractivity contribution >= 4 is 6.21 Å². The van der Waals surface area contributed by atoms with E-state index in [-0.39, 0.29) is 11.5 Å². The molecule has 0 heterocycles. The van der Waals surface area contributed by atoms with Crippen molar-refractivity contribution in [2.45, 2.75) is 45.1 Å². The number of nitrogens with two attached hydrogens (primary N) is 1. The summed E-state index contributed by atoms with van der Waals surface area (Å²) >= 11 is 0. The van der Waals surface area contributed by atoms with Crippen LogP contribution in [0.5, 0.6) is 0 Å². The minimum atomic E-state index is 0.151. The SMILES string of the molecule is CCCC1(CCC=N)Cc2ccccc2C1N. The highest BCUT2D eigenvalue weighted by atomic mass is 14.7. The molecular weight excluding hydrogens is 208 g/mol. The van der Waals surface area contributed by atoms with Gasteiger partial charge in [-0.05, 0) is 48.4 Å². The number of benzene rings is 1. The minimum absolute atomic E-state index is 0.151. The molecule has 0 saturated heterocycles. The molecule has 1 aromatic carbocycles. The molecule has 3 N–H and O–H groups in total. The second-order valence-corrected chi connectivity index (χ2v) is 5.21. The van der Waals surface area contributed by atoms with Crippen LogP contribution in [0.25, 0.3) is 0 Å². The Morgan fingerprint density at radius 2 is 2.18 bits per heavy atom. The maximum Gasteiger partial charge on any atom is 0.0358 e. The topological polar surface area (TPSA) is 49.9 Å². The number of fused-ring (bicyclic) bond motifs is 1. The highest BCUT2D eigenvalue weighted by molar-refractivity contribution is 5.53. The Balaban J connectivity index is 2.28. The van der Waals surface area contributed by atoms with Crippen LogP contribution in [-0.4, -0.2) is 6.21 Å². The average Bonchev–Trinajstić information content (AvgIpc) is 2.62. The third-order valence-corrected chi connectivity index (χ3v) is 4.13. The lowest BCUT2D eigenvalue weighted by Gasteiger charge is -2.33. The van der Waals surface area contributed by atoms with Crippen LogP contribution in [0.3, 0.4) is 0 Å². The standard InChI is InChI=1S/C15H22N2/c1-2-8-15(9-5-10-16)11-12-6-3-4-7-13(12)14(15)17/h3-4,6-7,10,14,16H,2,5,8-9,11,17H2,1H3. The summed E-state index contributed by atoms with van der Waals surface area (Å²) in [7, 11) is 0. The van der Waals surface area contributed by atoms with Crippen LogP contribution in [0.4, 0.5) is 0 Å². The van der Waals surface area contributed by atoms with Gasteiger partial charge >= 0.3 is 0 Å². The minimum Gasteiger partial charge on any atom is -0.323 e. The first-order valence-corrected chi connectivity index (χ1v) is 6.56. The molecule has 17 heavy (non-hydrogen) atoms. The van der Waals surface area contributed by atoms with E-state index in [0.29, 0.717) is 0 Å². The van der Waals surface area contributed by atoms with Gasteiger partial charge in [-0.2, -0.15) is 0 Å². The summed E-state index contributed by atoms with van der Waals surface area (Å²) in [6.07, 6.45) is 6.83. The predicted molar refractivity (Wildman–Crippen MR) is 72.4 cm³/mol. The summed E-state index contributed by atoms with van der Waals surface area (Å²) in [5.74, 6) is 0. The van der Waals surface area contributed by atoms with Gasteiger partial charge in [0.05, 0.1) is 0 Å². The highest BCUT2D eigenvalue weighted by Crippen LogP contribution is 2.49. The van der Waals surface area contributed by atoms with Crippen LogP contribution in [0.15, 0.2) is 24.3 Å². The lowest BCUT2D eigenvalue weighted by atomic mass is 9.74. The number of nitrogens with one attached hydrogen (secondary N) is 1. The fraction of sp³-hybridized carbons (Fsp3) is 0.533. The van der Waals surface area contributed by atoms with Crippen molar-refractivity contribution in [2.75, 3.05) is 0 Å². The normalized spacial score (nSPS) is 26.8. The predicted octanol–water partition coefficient (Wildman–Crippen LogP) is 3.46. The zero-order valence-electron chi connectivity index (χ0n) is 10.6. The van der Waals surface area contributed by atoms with Gasteiger partial charge in [-0.1, -0.05) is 37.6 Å². The second kappa shape index (κ2) is 5.01. The molecule has 2 rings (SSSR count). The lowest BCUT2D eigenvalue weighted by Crippen LogP contribution is -2.31. The van der Waals surface area contributed by atoms with E-state index in [4.69, 9.17) is 11.1 Å². The monoisotopic (exact) mass is 230 g/mol. The van der Waals surface area contributed by atoms with Gasteiger partial charge in [0.1, 0.15) is 0 Å². The van der Waals surface area contributed by atoms with E-state index in [9.17, 15) is 0 Å². The number of rotatable bonds is 5. The summed E-state index contributed by atoms with van der Waals surface area (Å²) in [6.45, 7) is 2.22.